The van der Waals surface area contributed by atoms with Gasteiger partial charge in [0.1, 0.15) is 0 Å². The third-order valence-corrected chi connectivity index (χ3v) is 1.20. The summed E-state index contributed by atoms with van der Waals surface area (Å²) in [4.78, 5) is 12.8. The van der Waals surface area contributed by atoms with Crippen LogP contribution in [0.4, 0.5) is 0 Å². The van der Waals surface area contributed by atoms with E-state index >= 15 is 0 Å². The second-order valence-electron chi connectivity index (χ2n) is 1.15. The first-order valence-corrected chi connectivity index (χ1v) is 2.75. The predicted molar refractivity (Wildman–Crippen MR) is 30.1 cm³/mol. The van der Waals surface area contributed by atoms with E-state index in [0.717, 1.165) is 11.8 Å². The van der Waals surface area contributed by atoms with Crippen LogP contribution in [-0.4, -0.2) is 16.6 Å². The molecule has 1 aliphatic rings. The summed E-state index contributed by atoms with van der Waals surface area (Å²) in [6, 6.07) is 0. The lowest BCUT2D eigenvalue weighted by molar-refractivity contribution is -0.508. The first kappa shape index (κ1) is 5.55. The average Bonchev–Trinajstić information content (AvgIpc) is 2.12. The van der Waals surface area contributed by atoms with Gasteiger partial charge in [0, 0.05) is 4.92 Å². The summed E-state index contributed by atoms with van der Waals surface area (Å²) in [7, 11) is 0. The molecule has 5 heteroatoms. The average molecular weight is 130 g/mol. The summed E-state index contributed by atoms with van der Waals surface area (Å²) < 4.78 is 0. The highest BCUT2D eigenvalue weighted by molar-refractivity contribution is 8.14. The summed E-state index contributed by atoms with van der Waals surface area (Å²) in [5.74, 6) is 2.45. The molecule has 1 unspecified atom stereocenters. The van der Waals surface area contributed by atoms with Crippen LogP contribution in [0.1, 0.15) is 0 Å². The van der Waals surface area contributed by atoms with Gasteiger partial charge < -0.3 is 0 Å². The molecule has 2 radical (unpaired) electrons. The molecule has 0 aromatic carbocycles. The van der Waals surface area contributed by atoms with Gasteiger partial charge in [-0.2, -0.15) is 0 Å². The lowest BCUT2D eigenvalue weighted by atomic mass is 10.6. The Morgan fingerprint density at radius 1 is 2.00 bits per heavy atom. The second kappa shape index (κ2) is 2.13. The molecule has 1 atom stereocenters. The van der Waals surface area contributed by atoms with Crippen molar-refractivity contribution < 1.29 is 4.92 Å². The molecule has 0 saturated carbocycles. The molecule has 1 rings (SSSR count). The van der Waals surface area contributed by atoms with Crippen molar-refractivity contribution in [2.45, 2.75) is 6.17 Å². The normalized spacial score (nSPS) is 26.2. The minimum atomic E-state index is -0.931. The number of nitrogens with zero attached hydrogens (tertiary/aromatic N) is 2. The maximum Gasteiger partial charge on any atom is 0.322 e. The molecular formula is C3H2N2O2S. The Morgan fingerprint density at radius 3 is 3.00 bits per heavy atom. The third-order valence-electron chi connectivity index (χ3n) is 0.628. The molecule has 0 aromatic rings. The van der Waals surface area contributed by atoms with Gasteiger partial charge in [-0.05, 0) is 0 Å². The van der Waals surface area contributed by atoms with E-state index in [1.807, 2.05) is 0 Å². The molecule has 4 nitrogen and oxygen atoms in total. The smallest absolute Gasteiger partial charge is 0.262 e. The number of hydrogen-bond acceptors (Lipinski definition) is 4. The van der Waals surface area contributed by atoms with E-state index in [-0.39, 0.29) is 0 Å². The molecular weight excluding hydrogens is 128 g/mol. The van der Waals surface area contributed by atoms with E-state index in [9.17, 15) is 10.1 Å². The van der Waals surface area contributed by atoms with Crippen molar-refractivity contribution in [2.75, 3.05) is 0 Å². The van der Waals surface area contributed by atoms with Gasteiger partial charge in [-0.15, -0.1) is 0 Å². The Morgan fingerprint density at radius 2 is 2.75 bits per heavy atom. The van der Waals surface area contributed by atoms with Crippen molar-refractivity contribution in [2.24, 2.45) is 4.99 Å². The van der Waals surface area contributed by atoms with Crippen LogP contribution in [0.2, 0.25) is 0 Å². The zero-order chi connectivity index (χ0) is 5.98. The number of thioether (sulfide) groups is 1. The van der Waals surface area contributed by atoms with Gasteiger partial charge in [0.25, 0.3) is 0 Å². The fraction of sp³-hybridized carbons (Fsp3) is 0.333. The van der Waals surface area contributed by atoms with Crippen LogP contribution in [0.3, 0.4) is 0 Å². The van der Waals surface area contributed by atoms with E-state index in [1.54, 1.807) is 0 Å². The maximum atomic E-state index is 9.82. The van der Waals surface area contributed by atoms with Crippen LogP contribution in [0.25, 0.3) is 0 Å². The molecule has 0 spiro atoms. The Kier molecular flexibility index (Phi) is 1.48. The van der Waals surface area contributed by atoms with Crippen molar-refractivity contribution >= 4 is 17.3 Å². The topological polar surface area (TPSA) is 55.5 Å². The van der Waals surface area contributed by atoms with E-state index in [4.69, 9.17) is 0 Å². The largest absolute Gasteiger partial charge is 0.322 e. The van der Waals surface area contributed by atoms with Crippen molar-refractivity contribution in [3.63, 3.8) is 0 Å². The van der Waals surface area contributed by atoms with Gasteiger partial charge >= 0.3 is 6.17 Å². The molecule has 8 heavy (non-hydrogen) atoms. The van der Waals surface area contributed by atoms with Gasteiger partial charge in [0.05, 0.1) is 5.55 Å². The first-order valence-electron chi connectivity index (χ1n) is 1.87. The van der Waals surface area contributed by atoms with E-state index in [1.165, 1.54) is 5.55 Å². The maximum absolute atomic E-state index is 9.82. The zero-order valence-electron chi connectivity index (χ0n) is 3.77. The number of aliphatic imine (C=N–C) groups is 1. The summed E-state index contributed by atoms with van der Waals surface area (Å²) in [6.45, 7) is 0. The molecule has 0 fully saturated rings. The highest BCUT2D eigenvalue weighted by Crippen LogP contribution is 2.16. The van der Waals surface area contributed by atoms with Gasteiger partial charge in [0.2, 0.25) is 0 Å². The van der Waals surface area contributed by atoms with Crippen molar-refractivity contribution in [3.8, 4) is 0 Å². The van der Waals surface area contributed by atoms with Crippen LogP contribution in [-0.2, 0) is 0 Å². The molecule has 0 aromatic heterocycles. The predicted octanol–water partition coefficient (Wildman–Crippen LogP) is 0.403. The molecule has 0 aliphatic carbocycles. The summed E-state index contributed by atoms with van der Waals surface area (Å²) in [5.41, 5.74) is 1.41. The molecule has 0 amide bonds. The second-order valence-corrected chi connectivity index (χ2v) is 1.83. The standard InChI is InChI=1S/C3H2N2O2S/c6-5(7)3-1-8-2-4-3/h2-3H. The summed E-state index contributed by atoms with van der Waals surface area (Å²) >= 11 is 1.13. The number of nitro groups is 1. The quantitative estimate of drug-likeness (QED) is 0.381. The van der Waals surface area contributed by atoms with Crippen molar-refractivity contribution in [1.29, 1.82) is 0 Å². The van der Waals surface area contributed by atoms with Gasteiger partial charge in [-0.3, -0.25) is 10.1 Å². The minimum Gasteiger partial charge on any atom is -0.262 e. The van der Waals surface area contributed by atoms with E-state index < -0.39 is 11.1 Å². The molecule has 0 saturated heterocycles. The zero-order valence-corrected chi connectivity index (χ0v) is 4.59. The van der Waals surface area contributed by atoms with Crippen LogP contribution in [0.15, 0.2) is 4.99 Å². The molecule has 0 bridgehead atoms. The van der Waals surface area contributed by atoms with Crippen molar-refractivity contribution in [3.05, 3.63) is 15.9 Å². The highest BCUT2D eigenvalue weighted by Gasteiger charge is 2.22. The fourth-order valence-electron chi connectivity index (χ4n) is 0.307. The summed E-state index contributed by atoms with van der Waals surface area (Å²) in [5, 5.41) is 9.82. The van der Waals surface area contributed by atoms with Crippen LogP contribution < -0.4 is 0 Å². The SMILES string of the molecule is O=[N+]([O-])C1[C]SC=N1. The van der Waals surface area contributed by atoms with Gasteiger partial charge in [0.15, 0.2) is 5.75 Å². The Labute approximate surface area is 50.1 Å². The number of rotatable bonds is 1. The van der Waals surface area contributed by atoms with Gasteiger partial charge in [-0.25, -0.2) is 4.99 Å². The monoisotopic (exact) mass is 130 g/mol. The fourth-order valence-corrected chi connectivity index (χ4v) is 0.813. The minimum absolute atomic E-state index is 0.490. The van der Waals surface area contributed by atoms with Crippen LogP contribution >= 0.6 is 11.8 Å². The first-order chi connectivity index (χ1) is 3.80. The van der Waals surface area contributed by atoms with Gasteiger partial charge in [-0.1, -0.05) is 11.8 Å². The number of hydrogen-bond donors (Lipinski definition) is 0. The lowest BCUT2D eigenvalue weighted by Crippen LogP contribution is -2.12. The Balaban J connectivity index is 2.48. The molecule has 0 N–H and O–H groups in total. The van der Waals surface area contributed by atoms with Crippen molar-refractivity contribution in [1.82, 2.24) is 0 Å². The third kappa shape index (κ3) is 0.975. The van der Waals surface area contributed by atoms with Crippen LogP contribution in [0, 0.1) is 15.9 Å². The Bertz CT molecular complexity index is 135. The summed E-state index contributed by atoms with van der Waals surface area (Å²) in [6.07, 6.45) is -0.931. The lowest BCUT2D eigenvalue weighted by Gasteiger charge is -1.90. The Hall–Kier alpha value is -0.580. The molecule has 42 valence electrons. The highest BCUT2D eigenvalue weighted by atomic mass is 32.2. The van der Waals surface area contributed by atoms with E-state index in [0.29, 0.717) is 0 Å². The molecule has 1 heterocycles. The molecule has 1 aliphatic heterocycles. The van der Waals surface area contributed by atoms with Crippen LogP contribution in [0.5, 0.6) is 0 Å². The van der Waals surface area contributed by atoms with E-state index in [2.05, 4.69) is 10.7 Å².